The van der Waals surface area contributed by atoms with Gasteiger partial charge in [0, 0.05) is 36.0 Å². The van der Waals surface area contributed by atoms with Crippen LogP contribution in [0.15, 0.2) is 30.5 Å². The number of aromatic nitrogens is 3. The largest absolute Gasteiger partial charge is 0.393 e. The number of aliphatic hydroxyl groups excluding tert-OH is 1. The summed E-state index contributed by atoms with van der Waals surface area (Å²) in [5.41, 5.74) is 6.09. The molecular weight excluding hydrogens is 406 g/mol. The first kappa shape index (κ1) is 20.9. The molecule has 168 valence electrons. The normalized spacial score (nSPS) is 21.4. The quantitative estimate of drug-likeness (QED) is 0.549. The van der Waals surface area contributed by atoms with E-state index >= 15 is 0 Å². The van der Waals surface area contributed by atoms with Crippen molar-refractivity contribution in [1.29, 1.82) is 0 Å². The van der Waals surface area contributed by atoms with Crippen LogP contribution in [0.3, 0.4) is 0 Å². The average molecular weight is 436 g/mol. The van der Waals surface area contributed by atoms with Gasteiger partial charge in [0.15, 0.2) is 0 Å². The van der Waals surface area contributed by atoms with Gasteiger partial charge in [-0.3, -0.25) is 4.79 Å². The van der Waals surface area contributed by atoms with E-state index in [1.54, 1.807) is 7.11 Å². The Hall–Kier alpha value is -2.97. The minimum atomic E-state index is -0.208. The Labute approximate surface area is 187 Å². The topological polar surface area (TPSA) is 101 Å². The number of fused-ring (bicyclic) bond motifs is 2. The lowest BCUT2D eigenvalue weighted by molar-refractivity contribution is -0.115. The van der Waals surface area contributed by atoms with E-state index in [9.17, 15) is 9.90 Å². The van der Waals surface area contributed by atoms with E-state index in [1.807, 2.05) is 29.8 Å². The number of anilines is 2. The lowest BCUT2D eigenvalue weighted by atomic mass is 9.85. The number of ether oxygens (including phenoxy) is 1. The fourth-order valence-corrected chi connectivity index (χ4v) is 4.88. The highest BCUT2D eigenvalue weighted by Gasteiger charge is 2.26. The molecule has 0 unspecified atom stereocenters. The molecular formula is C24H29N5O3. The number of carbonyl (C=O) groups is 1. The molecule has 1 amide bonds. The van der Waals surface area contributed by atoms with Crippen molar-refractivity contribution in [3.05, 3.63) is 41.7 Å². The van der Waals surface area contributed by atoms with Gasteiger partial charge in [-0.2, -0.15) is 0 Å². The van der Waals surface area contributed by atoms with Gasteiger partial charge in [-0.25, -0.2) is 9.50 Å². The number of amides is 1. The fourth-order valence-electron chi connectivity index (χ4n) is 4.88. The Morgan fingerprint density at radius 3 is 2.88 bits per heavy atom. The molecule has 0 radical (unpaired) electrons. The molecule has 3 N–H and O–H groups in total. The summed E-state index contributed by atoms with van der Waals surface area (Å²) < 4.78 is 7.22. The van der Waals surface area contributed by atoms with Crippen LogP contribution in [0.5, 0.6) is 0 Å². The molecule has 3 heterocycles. The second kappa shape index (κ2) is 8.52. The molecule has 8 heteroatoms. The lowest BCUT2D eigenvalue weighted by Crippen LogP contribution is -2.23. The summed E-state index contributed by atoms with van der Waals surface area (Å²) in [5, 5.41) is 21.0. The SMILES string of the molecule is COC[C@H](C)Nc1ncc2c(-c3ccc4c(c3)CC(=O)N4)cc(C3CCC(O)CC3)n2n1. The molecule has 0 bridgehead atoms. The Morgan fingerprint density at radius 1 is 1.28 bits per heavy atom. The number of rotatable bonds is 6. The molecule has 2 aromatic heterocycles. The van der Waals surface area contributed by atoms with Gasteiger partial charge in [0.05, 0.1) is 30.8 Å². The monoisotopic (exact) mass is 435 g/mol. The van der Waals surface area contributed by atoms with E-state index in [1.165, 1.54) is 0 Å². The second-order valence-electron chi connectivity index (χ2n) is 8.96. The third-order valence-electron chi connectivity index (χ3n) is 6.49. The van der Waals surface area contributed by atoms with Gasteiger partial charge in [0.2, 0.25) is 11.9 Å². The zero-order valence-corrected chi connectivity index (χ0v) is 18.5. The number of nitrogens with one attached hydrogen (secondary N) is 2. The Morgan fingerprint density at radius 2 is 2.09 bits per heavy atom. The molecule has 2 aliphatic rings. The Balaban J connectivity index is 1.57. The minimum absolute atomic E-state index is 0.0320. The first-order chi connectivity index (χ1) is 15.5. The van der Waals surface area contributed by atoms with Crippen molar-refractivity contribution >= 4 is 23.1 Å². The van der Waals surface area contributed by atoms with Crippen molar-refractivity contribution in [3.8, 4) is 11.1 Å². The van der Waals surface area contributed by atoms with E-state index < -0.39 is 0 Å². The number of aliphatic hydroxyl groups is 1. The van der Waals surface area contributed by atoms with E-state index in [0.29, 0.717) is 24.9 Å². The molecule has 1 fully saturated rings. The van der Waals surface area contributed by atoms with Crippen molar-refractivity contribution in [3.63, 3.8) is 0 Å². The summed E-state index contributed by atoms with van der Waals surface area (Å²) in [6.07, 6.45) is 5.54. The minimum Gasteiger partial charge on any atom is -0.393 e. The summed E-state index contributed by atoms with van der Waals surface area (Å²) in [4.78, 5) is 16.4. The van der Waals surface area contributed by atoms with Crippen molar-refractivity contribution in [2.75, 3.05) is 24.4 Å². The van der Waals surface area contributed by atoms with Crippen molar-refractivity contribution in [2.24, 2.45) is 0 Å². The predicted octanol–water partition coefficient (Wildman–Crippen LogP) is 3.36. The van der Waals surface area contributed by atoms with E-state index in [2.05, 4.69) is 27.8 Å². The zero-order chi connectivity index (χ0) is 22.2. The molecule has 32 heavy (non-hydrogen) atoms. The van der Waals surface area contributed by atoms with Gasteiger partial charge in [-0.1, -0.05) is 6.07 Å². The molecule has 8 nitrogen and oxygen atoms in total. The van der Waals surface area contributed by atoms with Crippen molar-refractivity contribution in [2.45, 2.75) is 57.1 Å². The maximum atomic E-state index is 11.8. The smallest absolute Gasteiger partial charge is 0.241 e. The van der Waals surface area contributed by atoms with Gasteiger partial charge in [0.1, 0.15) is 0 Å². The molecule has 1 aliphatic carbocycles. The maximum absolute atomic E-state index is 11.8. The van der Waals surface area contributed by atoms with Crippen LogP contribution in [0.4, 0.5) is 11.6 Å². The fraction of sp³-hybridized carbons (Fsp3) is 0.458. The molecule has 3 aromatic rings. The van der Waals surface area contributed by atoms with Crippen LogP contribution in [-0.4, -0.2) is 51.5 Å². The number of methoxy groups -OCH3 is 1. The van der Waals surface area contributed by atoms with Gasteiger partial charge in [-0.15, -0.1) is 5.10 Å². The van der Waals surface area contributed by atoms with Crippen LogP contribution in [0.25, 0.3) is 16.6 Å². The zero-order valence-electron chi connectivity index (χ0n) is 18.5. The van der Waals surface area contributed by atoms with Crippen LogP contribution in [0.2, 0.25) is 0 Å². The average Bonchev–Trinajstić information content (AvgIpc) is 3.33. The van der Waals surface area contributed by atoms with Crippen LogP contribution in [0.1, 0.15) is 49.8 Å². The van der Waals surface area contributed by atoms with Gasteiger partial charge >= 0.3 is 0 Å². The summed E-state index contributed by atoms with van der Waals surface area (Å²) in [5.74, 6) is 0.922. The van der Waals surface area contributed by atoms with Gasteiger partial charge in [0.25, 0.3) is 0 Å². The molecule has 0 spiro atoms. The number of nitrogens with zero attached hydrogens (tertiary/aromatic N) is 3. The standard InChI is InChI=1S/C24H29N5O3/c1-14(13-32-2)26-24-25-12-22-19(16-5-8-20-17(9-16)10-23(31)27-20)11-21(29(22)28-24)15-3-6-18(30)7-4-15/h5,8-9,11-12,14-15,18,30H,3-4,6-7,10,13H2,1-2H3,(H,26,28)(H,27,31)/t14-,15?,18?/m0/s1. The molecule has 1 aliphatic heterocycles. The first-order valence-corrected chi connectivity index (χ1v) is 11.3. The molecule has 5 rings (SSSR count). The number of hydrogen-bond donors (Lipinski definition) is 3. The van der Waals surface area contributed by atoms with E-state index in [4.69, 9.17) is 9.84 Å². The van der Waals surface area contributed by atoms with Crippen LogP contribution in [-0.2, 0) is 16.0 Å². The summed E-state index contributed by atoms with van der Waals surface area (Å²) in [7, 11) is 1.68. The number of hydrogen-bond acceptors (Lipinski definition) is 6. The van der Waals surface area contributed by atoms with Crippen LogP contribution >= 0.6 is 0 Å². The summed E-state index contributed by atoms with van der Waals surface area (Å²) in [6, 6.07) is 8.40. The predicted molar refractivity (Wildman–Crippen MR) is 123 cm³/mol. The van der Waals surface area contributed by atoms with Crippen LogP contribution in [0, 0.1) is 0 Å². The highest BCUT2D eigenvalue weighted by molar-refractivity contribution is 6.00. The molecule has 1 atom stereocenters. The highest BCUT2D eigenvalue weighted by Crippen LogP contribution is 2.38. The first-order valence-electron chi connectivity index (χ1n) is 11.3. The third kappa shape index (κ3) is 3.96. The van der Waals surface area contributed by atoms with Crippen molar-refractivity contribution in [1.82, 2.24) is 14.6 Å². The third-order valence-corrected chi connectivity index (χ3v) is 6.49. The maximum Gasteiger partial charge on any atom is 0.241 e. The number of benzene rings is 1. The van der Waals surface area contributed by atoms with E-state index in [0.717, 1.165) is 59.3 Å². The van der Waals surface area contributed by atoms with Crippen LogP contribution < -0.4 is 10.6 Å². The summed E-state index contributed by atoms with van der Waals surface area (Å²) >= 11 is 0. The molecule has 1 aromatic carbocycles. The molecule has 0 saturated heterocycles. The van der Waals surface area contributed by atoms with Gasteiger partial charge < -0.3 is 20.5 Å². The van der Waals surface area contributed by atoms with Gasteiger partial charge in [-0.05, 0) is 61.9 Å². The Bertz CT molecular complexity index is 1150. The highest BCUT2D eigenvalue weighted by atomic mass is 16.5. The molecule has 1 saturated carbocycles. The summed E-state index contributed by atoms with van der Waals surface area (Å²) in [6.45, 7) is 2.59. The lowest BCUT2D eigenvalue weighted by Gasteiger charge is -2.25. The second-order valence-corrected chi connectivity index (χ2v) is 8.96. The van der Waals surface area contributed by atoms with Crippen molar-refractivity contribution < 1.29 is 14.6 Å². The Kier molecular flexibility index (Phi) is 5.57. The van der Waals surface area contributed by atoms with E-state index in [-0.39, 0.29) is 18.1 Å². The number of carbonyl (C=O) groups excluding carboxylic acids is 1.